The first-order chi connectivity index (χ1) is 8.11. The van der Waals surface area contributed by atoms with E-state index in [0.717, 1.165) is 39.5 Å². The standard InChI is InChI=1S/C12H16BrNOS2/c1-3-9-7-14(4-5-16-9)12(15)10-6-8(2)11(13)17-10/h6,9H,3-5,7H2,1-2H3. The van der Waals surface area contributed by atoms with Gasteiger partial charge in [0.05, 0.1) is 8.66 Å². The second kappa shape index (κ2) is 5.76. The van der Waals surface area contributed by atoms with Crippen LogP contribution in [-0.4, -0.2) is 34.9 Å². The maximum Gasteiger partial charge on any atom is 0.264 e. The number of hydrogen-bond donors (Lipinski definition) is 0. The number of halogens is 1. The van der Waals surface area contributed by atoms with Crippen LogP contribution in [0.2, 0.25) is 0 Å². The first kappa shape index (κ1) is 13.4. The van der Waals surface area contributed by atoms with E-state index in [1.807, 2.05) is 29.7 Å². The van der Waals surface area contributed by atoms with E-state index in [1.54, 1.807) is 11.3 Å². The fraction of sp³-hybridized carbons (Fsp3) is 0.583. The molecule has 1 unspecified atom stereocenters. The van der Waals surface area contributed by atoms with Gasteiger partial charge in [-0.2, -0.15) is 11.8 Å². The molecule has 5 heteroatoms. The molecule has 0 bridgehead atoms. The zero-order valence-electron chi connectivity index (χ0n) is 10.0. The maximum atomic E-state index is 12.3. The van der Waals surface area contributed by atoms with Crippen molar-refractivity contribution in [3.8, 4) is 0 Å². The third kappa shape index (κ3) is 3.06. The summed E-state index contributed by atoms with van der Waals surface area (Å²) in [6, 6.07) is 1.99. The lowest BCUT2D eigenvalue weighted by atomic mass is 10.2. The molecule has 1 amide bonds. The van der Waals surface area contributed by atoms with Crippen LogP contribution in [0.15, 0.2) is 9.85 Å². The van der Waals surface area contributed by atoms with Crippen molar-refractivity contribution in [2.45, 2.75) is 25.5 Å². The van der Waals surface area contributed by atoms with E-state index in [2.05, 4.69) is 22.9 Å². The van der Waals surface area contributed by atoms with E-state index in [4.69, 9.17) is 0 Å². The summed E-state index contributed by atoms with van der Waals surface area (Å²) < 4.78 is 1.07. The number of carbonyl (C=O) groups excluding carboxylic acids is 1. The number of thioether (sulfide) groups is 1. The Hall–Kier alpha value is -0.000000000000000111. The van der Waals surface area contributed by atoms with E-state index in [9.17, 15) is 4.79 Å². The van der Waals surface area contributed by atoms with Gasteiger partial charge in [0.1, 0.15) is 0 Å². The van der Waals surface area contributed by atoms with Crippen molar-refractivity contribution in [3.63, 3.8) is 0 Å². The molecule has 1 aliphatic heterocycles. The van der Waals surface area contributed by atoms with Gasteiger partial charge >= 0.3 is 0 Å². The molecule has 1 aliphatic rings. The second-order valence-corrected chi connectivity index (χ2v) is 8.00. The van der Waals surface area contributed by atoms with Crippen LogP contribution in [-0.2, 0) is 0 Å². The Morgan fingerprint density at radius 1 is 1.65 bits per heavy atom. The minimum absolute atomic E-state index is 0.197. The molecule has 0 saturated carbocycles. The molecular formula is C12H16BrNOS2. The fourth-order valence-electron chi connectivity index (χ4n) is 1.87. The van der Waals surface area contributed by atoms with Crippen molar-refractivity contribution in [1.29, 1.82) is 0 Å². The molecule has 1 aromatic rings. The topological polar surface area (TPSA) is 20.3 Å². The maximum absolute atomic E-state index is 12.3. The Balaban J connectivity index is 2.09. The highest BCUT2D eigenvalue weighted by atomic mass is 79.9. The minimum atomic E-state index is 0.197. The van der Waals surface area contributed by atoms with Crippen molar-refractivity contribution >= 4 is 44.9 Å². The molecule has 2 rings (SSSR count). The van der Waals surface area contributed by atoms with Gasteiger partial charge in [-0.05, 0) is 40.9 Å². The van der Waals surface area contributed by atoms with Crippen LogP contribution < -0.4 is 0 Å². The lowest BCUT2D eigenvalue weighted by Crippen LogP contribution is -2.41. The van der Waals surface area contributed by atoms with Crippen LogP contribution in [0.25, 0.3) is 0 Å². The molecule has 17 heavy (non-hydrogen) atoms. The van der Waals surface area contributed by atoms with Gasteiger partial charge in [0.15, 0.2) is 0 Å². The zero-order valence-corrected chi connectivity index (χ0v) is 13.3. The molecule has 0 aromatic carbocycles. The molecule has 1 atom stereocenters. The van der Waals surface area contributed by atoms with Crippen LogP contribution in [0.3, 0.4) is 0 Å². The summed E-state index contributed by atoms with van der Waals surface area (Å²) in [6.07, 6.45) is 1.14. The van der Waals surface area contributed by atoms with E-state index >= 15 is 0 Å². The van der Waals surface area contributed by atoms with E-state index in [-0.39, 0.29) is 5.91 Å². The Labute approximate surface area is 119 Å². The number of hydrogen-bond acceptors (Lipinski definition) is 3. The molecule has 0 N–H and O–H groups in total. The smallest absolute Gasteiger partial charge is 0.264 e. The lowest BCUT2D eigenvalue weighted by Gasteiger charge is -2.31. The van der Waals surface area contributed by atoms with Gasteiger partial charge < -0.3 is 4.90 Å². The van der Waals surface area contributed by atoms with Gasteiger partial charge in [0.2, 0.25) is 0 Å². The summed E-state index contributed by atoms with van der Waals surface area (Å²) in [6.45, 7) is 6.00. The average molecular weight is 334 g/mol. The Morgan fingerprint density at radius 2 is 2.41 bits per heavy atom. The van der Waals surface area contributed by atoms with Gasteiger partial charge in [-0.15, -0.1) is 11.3 Å². The molecule has 2 heterocycles. The van der Waals surface area contributed by atoms with E-state index in [0.29, 0.717) is 5.25 Å². The van der Waals surface area contributed by atoms with Crippen LogP contribution in [0, 0.1) is 6.92 Å². The number of rotatable bonds is 2. The van der Waals surface area contributed by atoms with E-state index < -0.39 is 0 Å². The zero-order chi connectivity index (χ0) is 12.4. The molecular weight excluding hydrogens is 318 g/mol. The average Bonchev–Trinajstić information content (AvgIpc) is 2.69. The SMILES string of the molecule is CCC1CN(C(=O)c2cc(C)c(Br)s2)CCS1. The van der Waals surface area contributed by atoms with Crippen LogP contribution in [0.5, 0.6) is 0 Å². The summed E-state index contributed by atoms with van der Waals surface area (Å²) in [5, 5.41) is 0.609. The number of carbonyl (C=O) groups is 1. The van der Waals surface area contributed by atoms with Crippen molar-refractivity contribution in [1.82, 2.24) is 4.90 Å². The highest BCUT2D eigenvalue weighted by Gasteiger charge is 2.25. The number of nitrogens with zero attached hydrogens (tertiary/aromatic N) is 1. The second-order valence-electron chi connectivity index (χ2n) is 4.22. The van der Waals surface area contributed by atoms with Gasteiger partial charge in [-0.3, -0.25) is 4.79 Å². The lowest BCUT2D eigenvalue weighted by molar-refractivity contribution is 0.0765. The van der Waals surface area contributed by atoms with Crippen LogP contribution in [0.1, 0.15) is 28.6 Å². The Morgan fingerprint density at radius 3 is 3.00 bits per heavy atom. The first-order valence-corrected chi connectivity index (χ1v) is 8.44. The number of amides is 1. The Kier molecular flexibility index (Phi) is 4.55. The summed E-state index contributed by atoms with van der Waals surface area (Å²) in [5.74, 6) is 1.26. The molecule has 1 saturated heterocycles. The quantitative estimate of drug-likeness (QED) is 0.820. The van der Waals surface area contributed by atoms with Crippen LogP contribution >= 0.6 is 39.0 Å². The molecule has 0 spiro atoms. The normalized spacial score (nSPS) is 20.6. The molecule has 1 fully saturated rings. The third-order valence-electron chi connectivity index (χ3n) is 2.95. The largest absolute Gasteiger partial charge is 0.336 e. The van der Waals surface area contributed by atoms with Crippen molar-refractivity contribution in [2.75, 3.05) is 18.8 Å². The van der Waals surface area contributed by atoms with Crippen molar-refractivity contribution in [2.24, 2.45) is 0 Å². The summed E-state index contributed by atoms with van der Waals surface area (Å²) in [7, 11) is 0. The Bertz CT molecular complexity index is 399. The predicted octanol–water partition coefficient (Wildman–Crippen LogP) is 3.79. The highest BCUT2D eigenvalue weighted by molar-refractivity contribution is 9.11. The van der Waals surface area contributed by atoms with Gasteiger partial charge in [-0.1, -0.05) is 6.92 Å². The molecule has 2 nitrogen and oxygen atoms in total. The highest BCUT2D eigenvalue weighted by Crippen LogP contribution is 2.29. The summed E-state index contributed by atoms with van der Waals surface area (Å²) in [5.41, 5.74) is 1.15. The molecule has 0 radical (unpaired) electrons. The number of thiophene rings is 1. The fourth-order valence-corrected chi connectivity index (χ4v) is 4.55. The molecule has 0 aliphatic carbocycles. The van der Waals surface area contributed by atoms with Crippen molar-refractivity contribution < 1.29 is 4.79 Å². The summed E-state index contributed by atoms with van der Waals surface area (Å²) in [4.78, 5) is 15.2. The minimum Gasteiger partial charge on any atom is -0.336 e. The summed E-state index contributed by atoms with van der Waals surface area (Å²) >= 11 is 7.01. The van der Waals surface area contributed by atoms with E-state index in [1.165, 1.54) is 0 Å². The number of aryl methyl sites for hydroxylation is 1. The third-order valence-corrected chi connectivity index (χ3v) is 6.45. The monoisotopic (exact) mass is 333 g/mol. The van der Waals surface area contributed by atoms with Crippen LogP contribution in [0.4, 0.5) is 0 Å². The molecule has 1 aromatic heterocycles. The van der Waals surface area contributed by atoms with Gasteiger partial charge in [0.25, 0.3) is 5.91 Å². The van der Waals surface area contributed by atoms with Gasteiger partial charge in [0, 0.05) is 24.1 Å². The van der Waals surface area contributed by atoms with Gasteiger partial charge in [-0.25, -0.2) is 0 Å². The first-order valence-electron chi connectivity index (χ1n) is 5.78. The predicted molar refractivity (Wildman–Crippen MR) is 79.2 cm³/mol. The van der Waals surface area contributed by atoms with Crippen molar-refractivity contribution in [3.05, 3.63) is 20.3 Å². The molecule has 94 valence electrons.